The Hall–Kier alpha value is -0.857. The van der Waals surface area contributed by atoms with Gasteiger partial charge in [-0.25, -0.2) is 16.8 Å². The molecule has 0 aliphatic carbocycles. The summed E-state index contributed by atoms with van der Waals surface area (Å²) < 4.78 is 61.5. The van der Waals surface area contributed by atoms with Gasteiger partial charge >= 0.3 is 26.2 Å². The first-order valence-corrected chi connectivity index (χ1v) is 9.26. The van der Waals surface area contributed by atoms with E-state index in [0.717, 1.165) is 0 Å². The normalized spacial score (nSPS) is 10.9. The molecular formula is C14H14O6S2Zr. The van der Waals surface area contributed by atoms with Crippen LogP contribution in [-0.4, -0.2) is 25.9 Å². The van der Waals surface area contributed by atoms with Crippen molar-refractivity contribution in [3.8, 4) is 0 Å². The average Bonchev–Trinajstić information content (AvgIpc) is 2.38. The van der Waals surface area contributed by atoms with Crippen molar-refractivity contribution in [2.75, 3.05) is 0 Å². The van der Waals surface area contributed by atoms with Crippen LogP contribution in [0.3, 0.4) is 0 Å². The summed E-state index contributed by atoms with van der Waals surface area (Å²) in [5.74, 6) is -0.846. The first kappa shape index (κ1) is 22.1. The van der Waals surface area contributed by atoms with Crippen molar-refractivity contribution in [3.63, 3.8) is 0 Å². The zero-order valence-corrected chi connectivity index (χ0v) is 16.0. The molecule has 0 unspecified atom stereocenters. The maximum atomic E-state index is 10.2. The van der Waals surface area contributed by atoms with Gasteiger partial charge in [0, 0.05) is 0 Å². The molecule has 23 heavy (non-hydrogen) atoms. The Kier molecular flexibility index (Phi) is 9.72. The SMILES string of the molecule is O=S(=O)([O-])Cc1ccccc1.O=S(=O)([O-])Cc1ccccc1.[Zr+2]. The molecule has 0 amide bonds. The van der Waals surface area contributed by atoms with E-state index in [0.29, 0.717) is 11.1 Å². The Labute approximate surface area is 155 Å². The minimum Gasteiger partial charge on any atom is -0.748 e. The first-order chi connectivity index (χ1) is 10.2. The molecule has 9 heteroatoms. The number of hydrogen-bond donors (Lipinski definition) is 0. The zero-order valence-electron chi connectivity index (χ0n) is 12.0. The second-order valence-corrected chi connectivity index (χ2v) is 7.18. The standard InChI is InChI=1S/2C7H8O3S.Zr/c2*8-11(9,10)6-7-4-2-1-3-5-7;/h2*1-5H,6H2,(H,8,9,10);/q;;+2/p-2. The molecule has 0 aromatic heterocycles. The molecule has 0 aliphatic heterocycles. The Morgan fingerprint density at radius 1 is 0.609 bits per heavy atom. The van der Waals surface area contributed by atoms with Crippen LogP contribution in [0.25, 0.3) is 0 Å². The van der Waals surface area contributed by atoms with Crippen LogP contribution in [0.15, 0.2) is 60.7 Å². The maximum absolute atomic E-state index is 10.2. The molecule has 0 saturated carbocycles. The Balaban J connectivity index is 0.000000403. The third-order valence-electron chi connectivity index (χ3n) is 2.37. The van der Waals surface area contributed by atoms with Crippen LogP contribution in [-0.2, 0) is 57.9 Å². The van der Waals surface area contributed by atoms with Crippen molar-refractivity contribution in [3.05, 3.63) is 71.8 Å². The van der Waals surface area contributed by atoms with E-state index in [1.54, 1.807) is 60.7 Å². The third kappa shape index (κ3) is 12.3. The predicted octanol–water partition coefficient (Wildman–Crippen LogP) is 1.46. The van der Waals surface area contributed by atoms with Crippen molar-refractivity contribution in [2.24, 2.45) is 0 Å². The summed E-state index contributed by atoms with van der Waals surface area (Å²) >= 11 is 0. The molecule has 2 aromatic carbocycles. The molecule has 0 aliphatic rings. The fraction of sp³-hybridized carbons (Fsp3) is 0.143. The van der Waals surface area contributed by atoms with E-state index in [4.69, 9.17) is 0 Å². The summed E-state index contributed by atoms with van der Waals surface area (Å²) in [5, 5.41) is 0. The van der Waals surface area contributed by atoms with E-state index < -0.39 is 31.7 Å². The van der Waals surface area contributed by atoms with Crippen LogP contribution in [0.2, 0.25) is 0 Å². The van der Waals surface area contributed by atoms with Gasteiger partial charge in [0.15, 0.2) is 0 Å². The Morgan fingerprint density at radius 3 is 1.09 bits per heavy atom. The van der Waals surface area contributed by atoms with Gasteiger partial charge in [0.1, 0.15) is 0 Å². The molecular weight excluding hydrogens is 420 g/mol. The van der Waals surface area contributed by atoms with E-state index in [9.17, 15) is 25.9 Å². The Morgan fingerprint density at radius 2 is 0.870 bits per heavy atom. The summed E-state index contributed by atoms with van der Waals surface area (Å²) in [7, 11) is -8.25. The molecule has 2 rings (SSSR count). The van der Waals surface area contributed by atoms with Gasteiger partial charge in [-0.3, -0.25) is 0 Å². The van der Waals surface area contributed by atoms with Crippen LogP contribution in [0, 0.1) is 0 Å². The zero-order chi connectivity index (χ0) is 16.6. The molecule has 0 N–H and O–H groups in total. The van der Waals surface area contributed by atoms with Crippen molar-refractivity contribution in [1.82, 2.24) is 0 Å². The fourth-order valence-corrected chi connectivity index (χ4v) is 2.76. The monoisotopic (exact) mass is 432 g/mol. The number of rotatable bonds is 4. The van der Waals surface area contributed by atoms with Gasteiger partial charge in [-0.2, -0.15) is 0 Å². The quantitative estimate of drug-likeness (QED) is 0.674. The van der Waals surface area contributed by atoms with Crippen molar-refractivity contribution >= 4 is 20.2 Å². The molecule has 0 saturated heterocycles. The van der Waals surface area contributed by atoms with Gasteiger partial charge in [0.25, 0.3) is 0 Å². The molecule has 0 bridgehead atoms. The average molecular weight is 434 g/mol. The molecule has 0 fully saturated rings. The molecule has 122 valence electrons. The van der Waals surface area contributed by atoms with Crippen LogP contribution < -0.4 is 0 Å². The van der Waals surface area contributed by atoms with Crippen LogP contribution in [0.5, 0.6) is 0 Å². The largest absolute Gasteiger partial charge is 2.00 e. The molecule has 0 atom stereocenters. The van der Waals surface area contributed by atoms with Crippen LogP contribution in [0.1, 0.15) is 11.1 Å². The fourth-order valence-electron chi connectivity index (χ4n) is 1.56. The summed E-state index contributed by atoms with van der Waals surface area (Å²) in [6.07, 6.45) is 0. The summed E-state index contributed by atoms with van der Waals surface area (Å²) in [6.45, 7) is 0. The van der Waals surface area contributed by atoms with Crippen LogP contribution >= 0.6 is 0 Å². The molecule has 2 aromatic rings. The van der Waals surface area contributed by atoms with Gasteiger partial charge < -0.3 is 9.11 Å². The second kappa shape index (κ2) is 10.1. The van der Waals surface area contributed by atoms with E-state index in [1.165, 1.54) is 0 Å². The van der Waals surface area contributed by atoms with E-state index in [1.807, 2.05) is 0 Å². The van der Waals surface area contributed by atoms with Gasteiger partial charge in [0.2, 0.25) is 0 Å². The predicted molar refractivity (Wildman–Crippen MR) is 79.7 cm³/mol. The second-order valence-electron chi connectivity index (χ2n) is 4.38. The summed E-state index contributed by atoms with van der Waals surface area (Å²) in [6, 6.07) is 16.7. The summed E-state index contributed by atoms with van der Waals surface area (Å²) in [5.41, 5.74) is 1.06. The van der Waals surface area contributed by atoms with Gasteiger partial charge in [-0.05, 0) is 11.1 Å². The minimum absolute atomic E-state index is 0. The third-order valence-corrected chi connectivity index (χ3v) is 3.75. The van der Waals surface area contributed by atoms with E-state index in [-0.39, 0.29) is 26.2 Å². The maximum Gasteiger partial charge on any atom is 2.00 e. The first-order valence-electron chi connectivity index (χ1n) is 6.11. The summed E-state index contributed by atoms with van der Waals surface area (Å²) in [4.78, 5) is 0. The number of hydrogen-bond acceptors (Lipinski definition) is 6. The van der Waals surface area contributed by atoms with Crippen LogP contribution in [0.4, 0.5) is 0 Å². The van der Waals surface area contributed by atoms with Gasteiger partial charge in [-0.1, -0.05) is 60.7 Å². The van der Waals surface area contributed by atoms with Crippen molar-refractivity contribution in [2.45, 2.75) is 11.5 Å². The molecule has 0 radical (unpaired) electrons. The minimum atomic E-state index is -4.13. The van der Waals surface area contributed by atoms with Crippen molar-refractivity contribution < 1.29 is 52.1 Å². The van der Waals surface area contributed by atoms with Gasteiger partial charge in [-0.15, -0.1) is 0 Å². The topological polar surface area (TPSA) is 114 Å². The molecule has 6 nitrogen and oxygen atoms in total. The van der Waals surface area contributed by atoms with E-state index in [2.05, 4.69) is 0 Å². The molecule has 0 spiro atoms. The van der Waals surface area contributed by atoms with Gasteiger partial charge in [0.05, 0.1) is 31.7 Å². The van der Waals surface area contributed by atoms with E-state index >= 15 is 0 Å². The number of benzene rings is 2. The Bertz CT molecular complexity index is 705. The molecule has 0 heterocycles. The smallest absolute Gasteiger partial charge is 0.748 e. The van der Waals surface area contributed by atoms with Crippen molar-refractivity contribution in [1.29, 1.82) is 0 Å².